The number of hydrogen-bond donors (Lipinski definition) is 1. The summed E-state index contributed by atoms with van der Waals surface area (Å²) in [6.07, 6.45) is 4.73. The Labute approximate surface area is 117 Å². The minimum atomic E-state index is -0.199. The summed E-state index contributed by atoms with van der Waals surface area (Å²) >= 11 is 0. The van der Waals surface area contributed by atoms with Crippen LogP contribution in [-0.4, -0.2) is 29.0 Å². The largest absolute Gasteiger partial charge is 0.488 e. The first-order valence-electron chi connectivity index (χ1n) is 6.85. The Balaban J connectivity index is 1.42. The molecule has 1 unspecified atom stereocenters. The van der Waals surface area contributed by atoms with Gasteiger partial charge in [0.2, 0.25) is 0 Å². The molecule has 3 rings (SSSR count). The molecule has 20 heavy (non-hydrogen) atoms. The van der Waals surface area contributed by atoms with Gasteiger partial charge in [-0.1, -0.05) is 0 Å². The highest BCUT2D eigenvalue weighted by molar-refractivity contribution is 5.37. The van der Waals surface area contributed by atoms with Gasteiger partial charge in [-0.2, -0.15) is 5.10 Å². The van der Waals surface area contributed by atoms with Crippen molar-refractivity contribution in [3.05, 3.63) is 47.5 Å². The molecule has 5 heteroatoms. The number of fused-ring (bicyclic) bond motifs is 1. The number of ether oxygens (including phenoxy) is 1. The second kappa shape index (κ2) is 5.63. The Bertz CT molecular complexity index is 597. The number of hydrogen-bond acceptors (Lipinski definition) is 3. The van der Waals surface area contributed by atoms with Crippen LogP contribution in [-0.2, 0) is 13.0 Å². The fourth-order valence-electron chi connectivity index (χ4n) is 2.45. The van der Waals surface area contributed by atoms with Gasteiger partial charge in [-0.25, -0.2) is 4.39 Å². The fraction of sp³-hybridized carbons (Fsp3) is 0.400. The fourth-order valence-corrected chi connectivity index (χ4v) is 2.45. The minimum Gasteiger partial charge on any atom is -0.488 e. The Kier molecular flexibility index (Phi) is 3.69. The van der Waals surface area contributed by atoms with Gasteiger partial charge in [0.15, 0.2) is 0 Å². The van der Waals surface area contributed by atoms with Crippen molar-refractivity contribution in [3.63, 3.8) is 0 Å². The van der Waals surface area contributed by atoms with Crippen LogP contribution in [0.15, 0.2) is 30.6 Å². The number of halogens is 1. The average molecular weight is 275 g/mol. The second-order valence-corrected chi connectivity index (χ2v) is 5.18. The lowest BCUT2D eigenvalue weighted by atomic mass is 10.1. The van der Waals surface area contributed by atoms with Crippen molar-refractivity contribution in [2.24, 2.45) is 0 Å². The average Bonchev–Trinajstić information content (AvgIpc) is 3.00. The molecule has 0 bridgehead atoms. The molecule has 0 radical (unpaired) electrons. The Morgan fingerprint density at radius 3 is 3.20 bits per heavy atom. The summed E-state index contributed by atoms with van der Waals surface area (Å²) in [6, 6.07) is 4.70. The van der Waals surface area contributed by atoms with Gasteiger partial charge in [-0.15, -0.1) is 0 Å². The van der Waals surface area contributed by atoms with Crippen LogP contribution in [0.2, 0.25) is 0 Å². The van der Waals surface area contributed by atoms with Gasteiger partial charge in [0.1, 0.15) is 17.7 Å². The maximum Gasteiger partial charge on any atom is 0.123 e. The normalized spacial score (nSPS) is 17.0. The van der Waals surface area contributed by atoms with Crippen LogP contribution < -0.4 is 10.1 Å². The first-order valence-corrected chi connectivity index (χ1v) is 6.85. The molecule has 1 aromatic heterocycles. The van der Waals surface area contributed by atoms with Gasteiger partial charge in [-0.05, 0) is 30.7 Å². The molecule has 0 aliphatic carbocycles. The first kappa shape index (κ1) is 13.1. The van der Waals surface area contributed by atoms with E-state index in [1.54, 1.807) is 12.1 Å². The van der Waals surface area contributed by atoms with Crippen molar-refractivity contribution < 1.29 is 9.13 Å². The van der Waals surface area contributed by atoms with E-state index in [0.29, 0.717) is 0 Å². The molecule has 1 atom stereocenters. The maximum absolute atomic E-state index is 13.1. The molecule has 2 heterocycles. The zero-order chi connectivity index (χ0) is 13.9. The van der Waals surface area contributed by atoms with Crippen molar-refractivity contribution in [1.29, 1.82) is 0 Å². The lowest BCUT2D eigenvalue weighted by Crippen LogP contribution is -2.32. The van der Waals surface area contributed by atoms with Crippen LogP contribution in [0.1, 0.15) is 11.1 Å². The third-order valence-corrected chi connectivity index (χ3v) is 3.42. The molecule has 0 saturated heterocycles. The minimum absolute atomic E-state index is 0.0890. The zero-order valence-corrected chi connectivity index (χ0v) is 11.5. The lowest BCUT2D eigenvalue weighted by Gasteiger charge is -2.11. The van der Waals surface area contributed by atoms with Crippen LogP contribution >= 0.6 is 0 Å². The number of nitrogens with zero attached hydrogens (tertiary/aromatic N) is 2. The summed E-state index contributed by atoms with van der Waals surface area (Å²) in [6.45, 7) is 4.46. The molecule has 1 N–H and O–H groups in total. The van der Waals surface area contributed by atoms with Crippen molar-refractivity contribution in [3.8, 4) is 5.75 Å². The highest BCUT2D eigenvalue weighted by atomic mass is 19.1. The quantitative estimate of drug-likeness (QED) is 0.847. The Morgan fingerprint density at radius 1 is 1.50 bits per heavy atom. The van der Waals surface area contributed by atoms with Gasteiger partial charge in [0.25, 0.3) is 0 Å². The summed E-state index contributed by atoms with van der Waals surface area (Å²) in [7, 11) is 0. The number of aryl methyl sites for hydroxylation is 1. The van der Waals surface area contributed by atoms with Crippen molar-refractivity contribution in [1.82, 2.24) is 15.1 Å². The smallest absolute Gasteiger partial charge is 0.123 e. The van der Waals surface area contributed by atoms with Gasteiger partial charge < -0.3 is 10.1 Å². The van der Waals surface area contributed by atoms with Gasteiger partial charge in [0.05, 0.1) is 12.7 Å². The van der Waals surface area contributed by atoms with E-state index in [2.05, 4.69) is 10.4 Å². The number of aromatic nitrogens is 2. The van der Waals surface area contributed by atoms with Gasteiger partial charge in [0, 0.05) is 31.3 Å². The molecule has 4 nitrogen and oxygen atoms in total. The molecule has 0 amide bonds. The van der Waals surface area contributed by atoms with Crippen molar-refractivity contribution in [2.45, 2.75) is 26.0 Å². The maximum atomic E-state index is 13.1. The third-order valence-electron chi connectivity index (χ3n) is 3.42. The van der Waals surface area contributed by atoms with Crippen LogP contribution in [0.3, 0.4) is 0 Å². The van der Waals surface area contributed by atoms with E-state index >= 15 is 0 Å². The van der Waals surface area contributed by atoms with Crippen molar-refractivity contribution in [2.75, 3.05) is 13.1 Å². The summed E-state index contributed by atoms with van der Waals surface area (Å²) in [4.78, 5) is 0. The molecule has 0 spiro atoms. The van der Waals surface area contributed by atoms with E-state index in [0.717, 1.165) is 37.4 Å². The van der Waals surface area contributed by atoms with E-state index < -0.39 is 0 Å². The molecular formula is C15H18FN3O. The number of nitrogens with one attached hydrogen (secondary N) is 1. The number of benzene rings is 1. The molecule has 1 aliphatic heterocycles. The highest BCUT2D eigenvalue weighted by Crippen LogP contribution is 2.28. The van der Waals surface area contributed by atoms with E-state index in [9.17, 15) is 4.39 Å². The molecule has 1 aromatic carbocycles. The molecule has 1 aliphatic rings. The SMILES string of the molecule is Cc1cnn(CCNCC2Cc3cc(F)ccc3O2)c1. The molecule has 0 saturated carbocycles. The molecular weight excluding hydrogens is 257 g/mol. The highest BCUT2D eigenvalue weighted by Gasteiger charge is 2.22. The van der Waals surface area contributed by atoms with E-state index in [4.69, 9.17) is 4.74 Å². The van der Waals surface area contributed by atoms with E-state index in [1.807, 2.05) is 24.0 Å². The summed E-state index contributed by atoms with van der Waals surface area (Å²) in [5.41, 5.74) is 2.13. The van der Waals surface area contributed by atoms with Crippen LogP contribution in [0.4, 0.5) is 4.39 Å². The molecule has 106 valence electrons. The van der Waals surface area contributed by atoms with Crippen LogP contribution in [0.5, 0.6) is 5.75 Å². The van der Waals surface area contributed by atoms with Gasteiger partial charge >= 0.3 is 0 Å². The predicted octanol–water partition coefficient (Wildman–Crippen LogP) is 1.92. The summed E-state index contributed by atoms with van der Waals surface area (Å²) < 4.78 is 20.8. The standard InChI is InChI=1S/C15H18FN3O/c1-11-8-18-19(10-11)5-4-17-9-14-7-12-6-13(16)2-3-15(12)20-14/h2-3,6,8,10,14,17H,4-5,7,9H2,1H3. The predicted molar refractivity (Wildman–Crippen MR) is 74.4 cm³/mol. The topological polar surface area (TPSA) is 39.1 Å². The number of rotatable bonds is 5. The Hall–Kier alpha value is -1.88. The van der Waals surface area contributed by atoms with E-state index in [-0.39, 0.29) is 11.9 Å². The molecule has 2 aromatic rings. The summed E-state index contributed by atoms with van der Waals surface area (Å²) in [5, 5.41) is 7.59. The van der Waals surface area contributed by atoms with Crippen LogP contribution in [0.25, 0.3) is 0 Å². The Morgan fingerprint density at radius 2 is 2.40 bits per heavy atom. The second-order valence-electron chi connectivity index (χ2n) is 5.18. The monoisotopic (exact) mass is 275 g/mol. The zero-order valence-electron chi connectivity index (χ0n) is 11.5. The van der Waals surface area contributed by atoms with E-state index in [1.165, 1.54) is 11.6 Å². The lowest BCUT2D eigenvalue weighted by molar-refractivity contribution is 0.227. The first-order chi connectivity index (χ1) is 9.70. The molecule has 0 fully saturated rings. The summed E-state index contributed by atoms with van der Waals surface area (Å²) in [5.74, 6) is 0.607. The van der Waals surface area contributed by atoms with Crippen LogP contribution in [0, 0.1) is 12.7 Å². The third kappa shape index (κ3) is 2.99. The van der Waals surface area contributed by atoms with Gasteiger partial charge in [-0.3, -0.25) is 4.68 Å². The van der Waals surface area contributed by atoms with Crippen molar-refractivity contribution >= 4 is 0 Å².